The summed E-state index contributed by atoms with van der Waals surface area (Å²) in [6, 6.07) is 3.40. The molecule has 0 fully saturated rings. The number of hydrogen-bond acceptors (Lipinski definition) is 7. The van der Waals surface area contributed by atoms with Gasteiger partial charge in [0.1, 0.15) is 0 Å². The van der Waals surface area contributed by atoms with Crippen molar-refractivity contribution < 1.29 is 8.42 Å². The van der Waals surface area contributed by atoms with Gasteiger partial charge in [0.05, 0.1) is 12.2 Å². The summed E-state index contributed by atoms with van der Waals surface area (Å²) in [6.07, 6.45) is 3.20. The summed E-state index contributed by atoms with van der Waals surface area (Å²) in [5, 5.41) is 12.2. The highest BCUT2D eigenvalue weighted by Gasteiger charge is 2.25. The Bertz CT molecular complexity index is 855. The first-order chi connectivity index (χ1) is 10.1. The normalized spacial score (nSPS) is 11.9. The topological polar surface area (TPSA) is 101 Å². The Balaban J connectivity index is 1.94. The smallest absolute Gasteiger partial charge is 0.260 e. The van der Waals surface area contributed by atoms with E-state index in [4.69, 9.17) is 0 Å². The van der Waals surface area contributed by atoms with Gasteiger partial charge >= 0.3 is 0 Å². The fourth-order valence-corrected chi connectivity index (χ4v) is 3.90. The van der Waals surface area contributed by atoms with E-state index in [1.807, 2.05) is 0 Å². The largest absolute Gasteiger partial charge is 0.371 e. The zero-order valence-corrected chi connectivity index (χ0v) is 12.6. The van der Waals surface area contributed by atoms with E-state index in [2.05, 4.69) is 25.2 Å². The molecule has 10 heteroatoms. The number of thiazole rings is 1. The number of rotatable bonds is 5. The Labute approximate surface area is 124 Å². The lowest BCUT2D eigenvalue weighted by Crippen LogP contribution is -2.25. The van der Waals surface area contributed by atoms with Gasteiger partial charge in [-0.3, -0.25) is 4.40 Å². The van der Waals surface area contributed by atoms with Gasteiger partial charge in [-0.1, -0.05) is 0 Å². The van der Waals surface area contributed by atoms with Crippen LogP contribution in [0.4, 0.5) is 5.82 Å². The van der Waals surface area contributed by atoms with Crippen LogP contribution < -0.4 is 10.0 Å². The number of hydrogen-bond donors (Lipinski definition) is 2. The average Bonchev–Trinajstić information content (AvgIpc) is 3.06. The van der Waals surface area contributed by atoms with Gasteiger partial charge in [0, 0.05) is 24.8 Å². The van der Waals surface area contributed by atoms with Crippen LogP contribution in [0.5, 0.6) is 0 Å². The summed E-state index contributed by atoms with van der Waals surface area (Å²) in [5.41, 5.74) is 0.540. The summed E-state index contributed by atoms with van der Waals surface area (Å²) in [5.74, 6) is 0.313. The molecule has 2 N–H and O–H groups in total. The minimum atomic E-state index is -3.73. The van der Waals surface area contributed by atoms with Gasteiger partial charge in [0.25, 0.3) is 10.0 Å². The van der Waals surface area contributed by atoms with Crippen LogP contribution in [0.2, 0.25) is 0 Å². The van der Waals surface area contributed by atoms with E-state index < -0.39 is 10.0 Å². The van der Waals surface area contributed by atoms with Gasteiger partial charge in [-0.15, -0.1) is 11.3 Å². The maximum Gasteiger partial charge on any atom is 0.260 e. The van der Waals surface area contributed by atoms with Gasteiger partial charge in [-0.05, 0) is 12.1 Å². The van der Waals surface area contributed by atoms with Gasteiger partial charge in [-0.25, -0.2) is 18.1 Å². The predicted octanol–water partition coefficient (Wildman–Crippen LogP) is 0.706. The summed E-state index contributed by atoms with van der Waals surface area (Å²) >= 11 is 1.37. The van der Waals surface area contributed by atoms with E-state index in [9.17, 15) is 8.42 Å². The summed E-state index contributed by atoms with van der Waals surface area (Å²) in [4.78, 5) is 4.85. The highest BCUT2D eigenvalue weighted by molar-refractivity contribution is 7.89. The molecule has 0 aliphatic heterocycles. The molecule has 0 radical (unpaired) electrons. The van der Waals surface area contributed by atoms with Crippen molar-refractivity contribution in [3.05, 3.63) is 35.6 Å². The minimum Gasteiger partial charge on any atom is -0.371 e. The van der Waals surface area contributed by atoms with Crippen LogP contribution in [0, 0.1) is 0 Å². The maximum atomic E-state index is 12.5. The molecule has 0 bridgehead atoms. The summed E-state index contributed by atoms with van der Waals surface area (Å²) < 4.78 is 29.1. The fraction of sp³-hybridized carbons (Fsp3) is 0.182. The number of nitrogens with zero attached hydrogens (tertiary/aromatic N) is 4. The molecule has 0 atom stereocenters. The van der Waals surface area contributed by atoms with Crippen molar-refractivity contribution >= 4 is 32.1 Å². The first-order valence-electron chi connectivity index (χ1n) is 6.01. The van der Waals surface area contributed by atoms with E-state index in [-0.39, 0.29) is 11.6 Å². The molecular formula is C11H12N6O2S2. The first kappa shape index (κ1) is 13.9. The zero-order valence-electron chi connectivity index (χ0n) is 11.0. The molecule has 21 heavy (non-hydrogen) atoms. The van der Waals surface area contributed by atoms with Gasteiger partial charge in [0.2, 0.25) is 0 Å². The number of imidazole rings is 1. The Morgan fingerprint density at radius 3 is 3.00 bits per heavy atom. The Morgan fingerprint density at radius 2 is 2.29 bits per heavy atom. The number of fused-ring (bicyclic) bond motifs is 1. The van der Waals surface area contributed by atoms with E-state index in [1.165, 1.54) is 21.9 Å². The van der Waals surface area contributed by atoms with Crippen LogP contribution in [-0.4, -0.2) is 35.0 Å². The van der Waals surface area contributed by atoms with Crippen molar-refractivity contribution in [2.75, 3.05) is 12.4 Å². The Kier molecular flexibility index (Phi) is 3.57. The molecule has 0 aliphatic carbocycles. The molecule has 3 aromatic heterocycles. The van der Waals surface area contributed by atoms with Gasteiger partial charge in [-0.2, -0.15) is 10.2 Å². The van der Waals surface area contributed by atoms with E-state index in [0.29, 0.717) is 16.5 Å². The van der Waals surface area contributed by atoms with Crippen LogP contribution in [-0.2, 0) is 16.6 Å². The Hall–Kier alpha value is -2.04. The first-order valence-corrected chi connectivity index (χ1v) is 8.37. The van der Waals surface area contributed by atoms with Crippen LogP contribution in [0.1, 0.15) is 5.69 Å². The SMILES string of the molecule is CNc1nc2sccn2c1S(=O)(=O)NCc1cccnn1. The van der Waals surface area contributed by atoms with Crippen molar-refractivity contribution in [1.82, 2.24) is 24.3 Å². The lowest BCUT2D eigenvalue weighted by molar-refractivity contribution is 0.575. The minimum absolute atomic E-state index is 0.0662. The highest BCUT2D eigenvalue weighted by atomic mass is 32.2. The fourth-order valence-electron chi connectivity index (χ4n) is 1.85. The van der Waals surface area contributed by atoms with Gasteiger partial charge in [0.15, 0.2) is 15.8 Å². The molecule has 3 heterocycles. The second-order valence-corrected chi connectivity index (χ2v) is 6.67. The molecule has 0 saturated heterocycles. The van der Waals surface area contributed by atoms with Crippen molar-refractivity contribution in [1.29, 1.82) is 0 Å². The maximum absolute atomic E-state index is 12.5. The third-order valence-electron chi connectivity index (χ3n) is 2.78. The highest BCUT2D eigenvalue weighted by Crippen LogP contribution is 2.25. The van der Waals surface area contributed by atoms with E-state index in [0.717, 1.165) is 0 Å². The average molecular weight is 324 g/mol. The van der Waals surface area contributed by atoms with Crippen molar-refractivity contribution in [2.45, 2.75) is 11.6 Å². The van der Waals surface area contributed by atoms with Crippen LogP contribution in [0.3, 0.4) is 0 Å². The molecule has 110 valence electrons. The zero-order chi connectivity index (χ0) is 14.9. The monoisotopic (exact) mass is 324 g/mol. The summed E-state index contributed by atoms with van der Waals surface area (Å²) in [7, 11) is -2.09. The molecule has 0 saturated carbocycles. The lowest BCUT2D eigenvalue weighted by atomic mass is 10.4. The number of anilines is 1. The lowest BCUT2D eigenvalue weighted by Gasteiger charge is -2.07. The van der Waals surface area contributed by atoms with Crippen molar-refractivity contribution in [3.63, 3.8) is 0 Å². The standard InChI is InChI=1S/C11H12N6O2S2/c1-12-9-10(17-5-6-20-11(17)15-9)21(18,19)14-7-8-3-2-4-13-16-8/h2-6,12,14H,7H2,1H3. The van der Waals surface area contributed by atoms with Crippen LogP contribution >= 0.6 is 11.3 Å². The van der Waals surface area contributed by atoms with Crippen molar-refractivity contribution in [3.8, 4) is 0 Å². The van der Waals surface area contributed by atoms with Crippen LogP contribution in [0.25, 0.3) is 4.96 Å². The van der Waals surface area contributed by atoms with E-state index in [1.54, 1.807) is 30.8 Å². The van der Waals surface area contributed by atoms with Crippen LogP contribution in [0.15, 0.2) is 34.9 Å². The molecule has 0 aliphatic rings. The molecule has 3 aromatic rings. The molecule has 0 unspecified atom stereocenters. The molecular weight excluding hydrogens is 312 g/mol. The third-order valence-corrected chi connectivity index (χ3v) is 4.96. The second kappa shape index (κ2) is 5.39. The third kappa shape index (κ3) is 2.60. The Morgan fingerprint density at radius 1 is 1.43 bits per heavy atom. The molecule has 3 rings (SSSR count). The number of sulfonamides is 1. The van der Waals surface area contributed by atoms with E-state index >= 15 is 0 Å². The molecule has 8 nitrogen and oxygen atoms in total. The predicted molar refractivity (Wildman–Crippen MR) is 78.7 cm³/mol. The molecule has 0 aromatic carbocycles. The number of aromatic nitrogens is 4. The quantitative estimate of drug-likeness (QED) is 0.716. The van der Waals surface area contributed by atoms with Gasteiger partial charge < -0.3 is 5.32 Å². The van der Waals surface area contributed by atoms with Crippen molar-refractivity contribution in [2.24, 2.45) is 0 Å². The summed E-state index contributed by atoms with van der Waals surface area (Å²) in [6.45, 7) is 0.0662. The number of nitrogens with one attached hydrogen (secondary N) is 2. The molecule has 0 spiro atoms. The second-order valence-electron chi connectivity index (χ2n) is 4.11. The molecule has 0 amide bonds.